The van der Waals surface area contributed by atoms with Gasteiger partial charge in [-0.2, -0.15) is 5.10 Å². The van der Waals surface area contributed by atoms with E-state index in [2.05, 4.69) is 10.4 Å². The summed E-state index contributed by atoms with van der Waals surface area (Å²) in [6.07, 6.45) is 0. The molecule has 3 rings (SSSR count). The molecule has 28 heavy (non-hydrogen) atoms. The lowest BCUT2D eigenvalue weighted by atomic mass is 9.78. The Labute approximate surface area is 166 Å². The predicted octanol–water partition coefficient (Wildman–Crippen LogP) is 2.68. The van der Waals surface area contributed by atoms with E-state index in [9.17, 15) is 4.79 Å². The van der Waals surface area contributed by atoms with E-state index in [0.717, 1.165) is 11.2 Å². The van der Waals surface area contributed by atoms with Gasteiger partial charge >= 0.3 is 7.12 Å². The van der Waals surface area contributed by atoms with Gasteiger partial charge in [-0.1, -0.05) is 6.07 Å². The van der Waals surface area contributed by atoms with Gasteiger partial charge in [0.2, 0.25) is 0 Å². The fourth-order valence-corrected chi connectivity index (χ4v) is 2.93. The molecule has 0 atom stereocenters. The third-order valence-corrected chi connectivity index (χ3v) is 5.44. The summed E-state index contributed by atoms with van der Waals surface area (Å²) in [6.45, 7) is 12.3. The van der Waals surface area contributed by atoms with Crippen molar-refractivity contribution in [3.8, 4) is 5.75 Å². The highest BCUT2D eigenvalue weighted by Gasteiger charge is 2.52. The first kappa shape index (κ1) is 20.4. The molecule has 0 unspecified atom stereocenters. The topological polar surface area (TPSA) is 74.6 Å². The van der Waals surface area contributed by atoms with Crippen LogP contribution < -0.4 is 15.5 Å². The molecule has 1 N–H and O–H groups in total. The van der Waals surface area contributed by atoms with E-state index in [1.54, 1.807) is 16.8 Å². The Bertz CT molecular complexity index is 856. The lowest BCUT2D eigenvalue weighted by Crippen LogP contribution is -2.41. The summed E-state index contributed by atoms with van der Waals surface area (Å²) in [4.78, 5) is 12.7. The number of aryl methyl sites for hydroxylation is 2. The first-order chi connectivity index (χ1) is 13.0. The summed E-state index contributed by atoms with van der Waals surface area (Å²) in [5.41, 5.74) is 1.31. The smallest absolute Gasteiger partial charge is 0.494 e. The first-order valence-corrected chi connectivity index (χ1v) is 9.48. The van der Waals surface area contributed by atoms with Crippen molar-refractivity contribution in [2.24, 2.45) is 7.05 Å². The number of benzene rings is 1. The molecular weight excluding hydrogens is 357 g/mol. The molecule has 2 aromatic rings. The highest BCUT2D eigenvalue weighted by Crippen LogP contribution is 2.37. The van der Waals surface area contributed by atoms with E-state index < -0.39 is 18.3 Å². The summed E-state index contributed by atoms with van der Waals surface area (Å²) >= 11 is 0. The number of aromatic nitrogens is 2. The van der Waals surface area contributed by atoms with Crippen LogP contribution in [0.3, 0.4) is 0 Å². The van der Waals surface area contributed by atoms with E-state index in [1.807, 2.05) is 60.7 Å². The molecule has 2 heterocycles. The molecule has 1 aliphatic rings. The molecule has 150 valence electrons. The average molecular weight is 385 g/mol. The molecule has 0 spiro atoms. The zero-order chi connectivity index (χ0) is 20.7. The third-order valence-electron chi connectivity index (χ3n) is 5.44. The van der Waals surface area contributed by atoms with Crippen molar-refractivity contribution in [3.05, 3.63) is 35.5 Å². The standard InChI is InChI=1S/C20H28BN3O4/c1-8-26-16-12-14(18(25)22-17-11-13(2)24(7)23-17)9-10-15(16)21-27-19(3,4)20(5,6)28-21/h9-12H,8H2,1-7H3,(H,22,23,25). The number of anilines is 1. The number of ether oxygens (including phenoxy) is 1. The zero-order valence-corrected chi connectivity index (χ0v) is 17.6. The van der Waals surface area contributed by atoms with Crippen LogP contribution in [0.5, 0.6) is 5.75 Å². The quantitative estimate of drug-likeness (QED) is 0.802. The minimum Gasteiger partial charge on any atom is -0.494 e. The fourth-order valence-electron chi connectivity index (χ4n) is 2.93. The molecule has 7 nitrogen and oxygen atoms in total. The van der Waals surface area contributed by atoms with Gasteiger partial charge in [-0.25, -0.2) is 0 Å². The lowest BCUT2D eigenvalue weighted by Gasteiger charge is -2.32. The largest absolute Gasteiger partial charge is 0.498 e. The molecular formula is C20H28BN3O4. The van der Waals surface area contributed by atoms with Gasteiger partial charge in [0.05, 0.1) is 17.8 Å². The van der Waals surface area contributed by atoms with Crippen LogP contribution >= 0.6 is 0 Å². The Kier molecular flexibility index (Phi) is 5.29. The Morgan fingerprint density at radius 3 is 2.39 bits per heavy atom. The second-order valence-electron chi connectivity index (χ2n) is 8.02. The lowest BCUT2D eigenvalue weighted by molar-refractivity contribution is 0.00578. The fraction of sp³-hybridized carbons (Fsp3) is 0.500. The van der Waals surface area contributed by atoms with Crippen molar-refractivity contribution in [3.63, 3.8) is 0 Å². The monoisotopic (exact) mass is 385 g/mol. The van der Waals surface area contributed by atoms with Gasteiger partial charge in [-0.15, -0.1) is 0 Å². The summed E-state index contributed by atoms with van der Waals surface area (Å²) in [7, 11) is 1.28. The maximum atomic E-state index is 12.7. The highest BCUT2D eigenvalue weighted by atomic mass is 16.7. The van der Waals surface area contributed by atoms with E-state index in [1.165, 1.54) is 0 Å². The maximum Gasteiger partial charge on any atom is 0.498 e. The SMILES string of the molecule is CCOc1cc(C(=O)Nc2cc(C)n(C)n2)ccc1B1OC(C)(C)C(C)(C)O1. The molecule has 0 saturated carbocycles. The Morgan fingerprint density at radius 2 is 1.86 bits per heavy atom. The number of hydrogen-bond acceptors (Lipinski definition) is 5. The molecule has 0 bridgehead atoms. The Balaban J connectivity index is 1.86. The van der Waals surface area contributed by atoms with E-state index in [-0.39, 0.29) is 5.91 Å². The molecule has 1 saturated heterocycles. The number of amides is 1. The summed E-state index contributed by atoms with van der Waals surface area (Å²) in [5, 5.41) is 7.08. The Hall–Kier alpha value is -2.32. The number of nitrogens with one attached hydrogen (secondary N) is 1. The molecule has 1 aromatic heterocycles. The first-order valence-electron chi connectivity index (χ1n) is 9.48. The van der Waals surface area contributed by atoms with Crippen LogP contribution in [0.25, 0.3) is 0 Å². The minimum atomic E-state index is -0.554. The van der Waals surface area contributed by atoms with Gasteiger partial charge in [0.15, 0.2) is 5.82 Å². The van der Waals surface area contributed by atoms with Crippen molar-refractivity contribution >= 4 is 24.3 Å². The van der Waals surface area contributed by atoms with Crippen molar-refractivity contribution in [2.45, 2.75) is 52.7 Å². The molecule has 0 aliphatic carbocycles. The van der Waals surface area contributed by atoms with Crippen molar-refractivity contribution in [1.82, 2.24) is 9.78 Å². The number of rotatable bonds is 5. The van der Waals surface area contributed by atoms with Crippen LogP contribution in [0.15, 0.2) is 24.3 Å². The van der Waals surface area contributed by atoms with Crippen LogP contribution in [0.1, 0.15) is 50.7 Å². The third kappa shape index (κ3) is 3.79. The van der Waals surface area contributed by atoms with Crippen LogP contribution in [-0.2, 0) is 16.4 Å². The van der Waals surface area contributed by atoms with Crippen LogP contribution in [0, 0.1) is 6.92 Å². The summed E-state index contributed by atoms with van der Waals surface area (Å²) < 4.78 is 19.8. The van der Waals surface area contributed by atoms with E-state index in [4.69, 9.17) is 14.0 Å². The van der Waals surface area contributed by atoms with Gasteiger partial charge in [0.25, 0.3) is 5.91 Å². The van der Waals surface area contributed by atoms with Gasteiger partial charge in [0, 0.05) is 29.8 Å². The summed E-state index contributed by atoms with van der Waals surface area (Å²) in [6, 6.07) is 7.11. The predicted molar refractivity (Wildman–Crippen MR) is 109 cm³/mol. The van der Waals surface area contributed by atoms with Crippen LogP contribution in [0.4, 0.5) is 5.82 Å². The zero-order valence-electron chi connectivity index (χ0n) is 17.6. The molecule has 1 aromatic carbocycles. The maximum absolute atomic E-state index is 12.7. The van der Waals surface area contributed by atoms with Gasteiger partial charge in [-0.05, 0) is 53.7 Å². The summed E-state index contributed by atoms with van der Waals surface area (Å²) in [5.74, 6) is 0.836. The van der Waals surface area contributed by atoms with Gasteiger partial charge < -0.3 is 19.4 Å². The number of carbonyl (C=O) groups is 1. The normalized spacial score (nSPS) is 17.6. The van der Waals surface area contributed by atoms with Crippen molar-refractivity contribution in [1.29, 1.82) is 0 Å². The minimum absolute atomic E-state index is 0.250. The molecule has 1 amide bonds. The molecule has 1 aliphatic heterocycles. The van der Waals surface area contributed by atoms with Gasteiger partial charge in [-0.3, -0.25) is 9.48 Å². The molecule has 1 fully saturated rings. The van der Waals surface area contributed by atoms with Crippen LogP contribution in [0.2, 0.25) is 0 Å². The molecule has 0 radical (unpaired) electrons. The number of nitrogens with zero attached hydrogens (tertiary/aromatic N) is 2. The Morgan fingerprint density at radius 1 is 1.21 bits per heavy atom. The number of carbonyl (C=O) groups excluding carboxylic acids is 1. The van der Waals surface area contributed by atoms with E-state index in [0.29, 0.717) is 23.7 Å². The average Bonchev–Trinajstić information content (AvgIpc) is 3.02. The van der Waals surface area contributed by atoms with Crippen molar-refractivity contribution in [2.75, 3.05) is 11.9 Å². The highest BCUT2D eigenvalue weighted by molar-refractivity contribution is 6.63. The van der Waals surface area contributed by atoms with Gasteiger partial charge in [0.1, 0.15) is 5.75 Å². The second-order valence-corrected chi connectivity index (χ2v) is 8.02. The van der Waals surface area contributed by atoms with Crippen molar-refractivity contribution < 1.29 is 18.8 Å². The second kappa shape index (κ2) is 7.26. The molecule has 8 heteroatoms. The van der Waals surface area contributed by atoms with Crippen LogP contribution in [-0.4, -0.2) is 40.6 Å². The number of hydrogen-bond donors (Lipinski definition) is 1. The van der Waals surface area contributed by atoms with E-state index >= 15 is 0 Å².